The molecule has 1 aromatic rings. The van der Waals surface area contributed by atoms with Crippen molar-refractivity contribution >= 4 is 11.6 Å². The number of aliphatic hydroxyl groups excluding tert-OH is 2. The van der Waals surface area contributed by atoms with Gasteiger partial charge in [-0.05, 0) is 6.07 Å². The Bertz CT molecular complexity index is 318. The van der Waals surface area contributed by atoms with E-state index in [-0.39, 0.29) is 24.8 Å². The van der Waals surface area contributed by atoms with Gasteiger partial charge in [0.15, 0.2) is 0 Å². The third kappa shape index (κ3) is 3.43. The minimum Gasteiger partial charge on any atom is -0.395 e. The van der Waals surface area contributed by atoms with Crippen LogP contribution in [0.25, 0.3) is 0 Å². The van der Waals surface area contributed by atoms with Gasteiger partial charge < -0.3 is 15.5 Å². The van der Waals surface area contributed by atoms with E-state index in [9.17, 15) is 4.39 Å². The van der Waals surface area contributed by atoms with E-state index >= 15 is 0 Å². The Balaban J connectivity index is 2.61. The largest absolute Gasteiger partial charge is 0.395 e. The molecule has 0 heterocycles. The van der Waals surface area contributed by atoms with Crippen LogP contribution in [0, 0.1) is 5.82 Å². The van der Waals surface area contributed by atoms with Crippen molar-refractivity contribution in [2.75, 3.05) is 13.2 Å². The van der Waals surface area contributed by atoms with Crippen molar-refractivity contribution in [2.45, 2.75) is 12.6 Å². The molecule has 0 saturated carbocycles. The SMILES string of the molecule is OCC(CO)NCc1cccc(Cl)c1F. The van der Waals surface area contributed by atoms with Crippen LogP contribution >= 0.6 is 11.6 Å². The molecular weight excluding hydrogens is 221 g/mol. The molecule has 3 N–H and O–H groups in total. The van der Waals surface area contributed by atoms with E-state index in [1.165, 1.54) is 6.07 Å². The normalized spacial score (nSPS) is 11.0. The van der Waals surface area contributed by atoms with Gasteiger partial charge in [0, 0.05) is 12.1 Å². The molecule has 0 aliphatic carbocycles. The highest BCUT2D eigenvalue weighted by molar-refractivity contribution is 6.30. The maximum Gasteiger partial charge on any atom is 0.146 e. The van der Waals surface area contributed by atoms with E-state index < -0.39 is 11.9 Å². The van der Waals surface area contributed by atoms with Gasteiger partial charge in [-0.3, -0.25) is 0 Å². The minimum absolute atomic E-state index is 0.0684. The zero-order valence-corrected chi connectivity index (χ0v) is 8.84. The molecular formula is C10H13ClFNO2. The van der Waals surface area contributed by atoms with Crippen LogP contribution in [-0.4, -0.2) is 29.5 Å². The summed E-state index contributed by atoms with van der Waals surface area (Å²) < 4.78 is 13.4. The van der Waals surface area contributed by atoms with Gasteiger partial charge in [-0.1, -0.05) is 23.7 Å². The molecule has 1 rings (SSSR count). The first kappa shape index (κ1) is 12.4. The Morgan fingerprint density at radius 3 is 2.60 bits per heavy atom. The summed E-state index contributed by atoms with van der Waals surface area (Å²) in [6, 6.07) is 4.27. The first-order valence-corrected chi connectivity index (χ1v) is 4.94. The number of halogens is 2. The predicted octanol–water partition coefficient (Wildman–Crippen LogP) is 0.922. The zero-order chi connectivity index (χ0) is 11.3. The summed E-state index contributed by atoms with van der Waals surface area (Å²) in [4.78, 5) is 0. The fourth-order valence-electron chi connectivity index (χ4n) is 1.13. The molecule has 0 fully saturated rings. The second-order valence-corrected chi connectivity index (χ2v) is 3.56. The topological polar surface area (TPSA) is 52.5 Å². The summed E-state index contributed by atoms with van der Waals surface area (Å²) in [6.07, 6.45) is 0. The number of benzene rings is 1. The molecule has 15 heavy (non-hydrogen) atoms. The summed E-state index contributed by atoms with van der Waals surface area (Å²) in [5.41, 5.74) is 0.411. The molecule has 84 valence electrons. The molecule has 0 aliphatic rings. The number of hydrogen-bond donors (Lipinski definition) is 3. The molecule has 0 aliphatic heterocycles. The monoisotopic (exact) mass is 233 g/mol. The second-order valence-electron chi connectivity index (χ2n) is 3.16. The summed E-state index contributed by atoms with van der Waals surface area (Å²) in [6.45, 7) is -0.171. The van der Waals surface area contributed by atoms with E-state index in [0.29, 0.717) is 5.56 Å². The first-order valence-electron chi connectivity index (χ1n) is 4.57. The Kier molecular flexibility index (Phi) is 4.98. The summed E-state index contributed by atoms with van der Waals surface area (Å²) in [5.74, 6) is -0.471. The zero-order valence-electron chi connectivity index (χ0n) is 8.08. The molecule has 0 saturated heterocycles. The van der Waals surface area contributed by atoms with Gasteiger partial charge >= 0.3 is 0 Å². The molecule has 0 unspecified atom stereocenters. The Labute approximate surface area is 92.5 Å². The maximum absolute atomic E-state index is 13.4. The van der Waals surface area contributed by atoms with Gasteiger partial charge in [-0.25, -0.2) is 4.39 Å². The van der Waals surface area contributed by atoms with Crippen molar-refractivity contribution in [2.24, 2.45) is 0 Å². The van der Waals surface area contributed by atoms with Gasteiger partial charge in [-0.15, -0.1) is 0 Å². The molecule has 3 nitrogen and oxygen atoms in total. The number of hydrogen-bond acceptors (Lipinski definition) is 3. The van der Waals surface area contributed by atoms with Crippen molar-refractivity contribution in [1.29, 1.82) is 0 Å². The van der Waals surface area contributed by atoms with Crippen LogP contribution in [-0.2, 0) is 6.54 Å². The number of nitrogens with one attached hydrogen (secondary N) is 1. The Hall–Kier alpha value is -0.680. The third-order valence-corrected chi connectivity index (χ3v) is 2.35. The van der Waals surface area contributed by atoms with Crippen molar-refractivity contribution < 1.29 is 14.6 Å². The first-order chi connectivity index (χ1) is 7.19. The van der Waals surface area contributed by atoms with Crippen LogP contribution in [0.4, 0.5) is 4.39 Å². The lowest BCUT2D eigenvalue weighted by molar-refractivity contribution is 0.170. The van der Waals surface area contributed by atoms with E-state index in [1.807, 2.05) is 0 Å². The predicted molar refractivity (Wildman–Crippen MR) is 56.2 cm³/mol. The van der Waals surface area contributed by atoms with Crippen molar-refractivity contribution in [3.8, 4) is 0 Å². The summed E-state index contributed by atoms with van der Waals surface area (Å²) >= 11 is 5.60. The average molecular weight is 234 g/mol. The van der Waals surface area contributed by atoms with Gasteiger partial charge in [0.05, 0.1) is 24.3 Å². The van der Waals surface area contributed by atoms with Crippen LogP contribution in [0.3, 0.4) is 0 Å². The van der Waals surface area contributed by atoms with Gasteiger partial charge in [0.1, 0.15) is 5.82 Å². The molecule has 1 aromatic carbocycles. The Morgan fingerprint density at radius 2 is 2.00 bits per heavy atom. The van der Waals surface area contributed by atoms with Crippen molar-refractivity contribution in [3.05, 3.63) is 34.6 Å². The molecule has 0 atom stereocenters. The highest BCUT2D eigenvalue weighted by Gasteiger charge is 2.09. The lowest BCUT2D eigenvalue weighted by atomic mass is 10.2. The van der Waals surface area contributed by atoms with Crippen LogP contribution in [0.1, 0.15) is 5.56 Å². The summed E-state index contributed by atoms with van der Waals surface area (Å²) in [7, 11) is 0. The lowest BCUT2D eigenvalue weighted by Crippen LogP contribution is -2.35. The van der Waals surface area contributed by atoms with Gasteiger partial charge in [-0.2, -0.15) is 0 Å². The Morgan fingerprint density at radius 1 is 1.33 bits per heavy atom. The van der Waals surface area contributed by atoms with Crippen LogP contribution in [0.5, 0.6) is 0 Å². The lowest BCUT2D eigenvalue weighted by Gasteiger charge is -2.13. The second kappa shape index (κ2) is 6.02. The van der Waals surface area contributed by atoms with E-state index in [4.69, 9.17) is 21.8 Å². The van der Waals surface area contributed by atoms with Crippen LogP contribution in [0.15, 0.2) is 18.2 Å². The summed E-state index contributed by atoms with van der Waals surface area (Å²) in [5, 5.41) is 20.4. The van der Waals surface area contributed by atoms with E-state index in [2.05, 4.69) is 5.32 Å². The van der Waals surface area contributed by atoms with Crippen LogP contribution < -0.4 is 5.32 Å². The highest BCUT2D eigenvalue weighted by Crippen LogP contribution is 2.17. The molecule has 0 aromatic heterocycles. The van der Waals surface area contributed by atoms with E-state index in [0.717, 1.165) is 0 Å². The fraction of sp³-hybridized carbons (Fsp3) is 0.400. The molecule has 0 radical (unpaired) electrons. The molecule has 0 spiro atoms. The number of rotatable bonds is 5. The fourth-order valence-corrected chi connectivity index (χ4v) is 1.32. The van der Waals surface area contributed by atoms with E-state index in [1.54, 1.807) is 12.1 Å². The number of aliphatic hydroxyl groups is 2. The molecule has 5 heteroatoms. The van der Waals surface area contributed by atoms with Gasteiger partial charge in [0.2, 0.25) is 0 Å². The smallest absolute Gasteiger partial charge is 0.146 e. The minimum atomic E-state index is -0.471. The quantitative estimate of drug-likeness (QED) is 0.709. The maximum atomic E-state index is 13.4. The molecule has 0 amide bonds. The third-order valence-electron chi connectivity index (χ3n) is 2.05. The van der Waals surface area contributed by atoms with Crippen molar-refractivity contribution in [1.82, 2.24) is 5.32 Å². The van der Waals surface area contributed by atoms with Gasteiger partial charge in [0.25, 0.3) is 0 Å². The van der Waals surface area contributed by atoms with Crippen molar-refractivity contribution in [3.63, 3.8) is 0 Å². The average Bonchev–Trinajstić information content (AvgIpc) is 2.25. The standard InChI is InChI=1S/C10H13ClFNO2/c11-9-3-1-2-7(10(9)12)4-13-8(5-14)6-15/h1-3,8,13-15H,4-6H2. The van der Waals surface area contributed by atoms with Crippen LogP contribution in [0.2, 0.25) is 5.02 Å². The molecule has 0 bridgehead atoms. The highest BCUT2D eigenvalue weighted by atomic mass is 35.5.